The second-order valence-electron chi connectivity index (χ2n) is 4.86. The molecule has 1 N–H and O–H groups in total. The van der Waals surface area contributed by atoms with Crippen molar-refractivity contribution < 1.29 is 18.3 Å². The second kappa shape index (κ2) is 4.72. The average Bonchev–Trinajstić information content (AvgIpc) is 2.23. The van der Waals surface area contributed by atoms with Crippen molar-refractivity contribution in [1.82, 2.24) is 0 Å². The molecule has 0 radical (unpaired) electrons. The molecule has 1 aromatic rings. The molecular weight excluding hydrogens is 252 g/mol. The molecule has 0 bridgehead atoms. The standard InChI is InChI=1S/C13H16O4S/c1-9-5-6-11(7-12(9)13(14)15)18(16,17)8-10-3-2-4-10/h5-7,10H,2-4,8H2,1H3,(H,14,15). The summed E-state index contributed by atoms with van der Waals surface area (Å²) in [6.45, 7) is 1.66. The maximum atomic E-state index is 12.1. The lowest BCUT2D eigenvalue weighted by Crippen LogP contribution is -2.22. The smallest absolute Gasteiger partial charge is 0.335 e. The molecule has 18 heavy (non-hydrogen) atoms. The summed E-state index contributed by atoms with van der Waals surface area (Å²) in [6.07, 6.45) is 3.00. The van der Waals surface area contributed by atoms with Crippen LogP contribution in [0.15, 0.2) is 23.1 Å². The van der Waals surface area contributed by atoms with Crippen LogP contribution in [0.1, 0.15) is 35.2 Å². The summed E-state index contributed by atoms with van der Waals surface area (Å²) in [6, 6.07) is 4.32. The molecular formula is C13H16O4S. The highest BCUT2D eigenvalue weighted by molar-refractivity contribution is 7.91. The van der Waals surface area contributed by atoms with Gasteiger partial charge in [-0.2, -0.15) is 0 Å². The summed E-state index contributed by atoms with van der Waals surface area (Å²) < 4.78 is 24.3. The van der Waals surface area contributed by atoms with Crippen LogP contribution in [0.5, 0.6) is 0 Å². The van der Waals surface area contributed by atoms with E-state index in [1.165, 1.54) is 12.1 Å². The molecule has 0 amide bonds. The monoisotopic (exact) mass is 268 g/mol. The first kappa shape index (κ1) is 13.1. The van der Waals surface area contributed by atoms with E-state index in [4.69, 9.17) is 5.11 Å². The minimum absolute atomic E-state index is 0.0599. The fourth-order valence-electron chi connectivity index (χ4n) is 2.09. The fraction of sp³-hybridized carbons (Fsp3) is 0.462. The Morgan fingerprint density at radius 1 is 1.39 bits per heavy atom. The Morgan fingerprint density at radius 2 is 2.06 bits per heavy atom. The molecule has 0 atom stereocenters. The molecule has 1 aliphatic rings. The van der Waals surface area contributed by atoms with Gasteiger partial charge in [-0.25, -0.2) is 13.2 Å². The van der Waals surface area contributed by atoms with Crippen LogP contribution < -0.4 is 0 Å². The van der Waals surface area contributed by atoms with Gasteiger partial charge >= 0.3 is 5.97 Å². The van der Waals surface area contributed by atoms with Gasteiger partial charge in [0.05, 0.1) is 16.2 Å². The summed E-state index contributed by atoms with van der Waals surface area (Å²) in [7, 11) is -3.36. The molecule has 0 unspecified atom stereocenters. The van der Waals surface area contributed by atoms with Gasteiger partial charge in [-0.3, -0.25) is 0 Å². The van der Waals surface area contributed by atoms with Gasteiger partial charge in [-0.15, -0.1) is 0 Å². The minimum atomic E-state index is -3.36. The summed E-state index contributed by atoms with van der Waals surface area (Å²) in [4.78, 5) is 11.1. The fourth-order valence-corrected chi connectivity index (χ4v) is 3.81. The third-order valence-corrected chi connectivity index (χ3v) is 5.36. The number of rotatable bonds is 4. The maximum absolute atomic E-state index is 12.1. The largest absolute Gasteiger partial charge is 0.478 e. The number of hydrogen-bond acceptors (Lipinski definition) is 3. The number of aryl methyl sites for hydroxylation is 1. The van der Waals surface area contributed by atoms with E-state index >= 15 is 0 Å². The van der Waals surface area contributed by atoms with E-state index in [1.807, 2.05) is 0 Å². The molecule has 0 heterocycles. The quantitative estimate of drug-likeness (QED) is 0.909. The number of sulfone groups is 1. The Labute approximate surface area is 107 Å². The first-order valence-electron chi connectivity index (χ1n) is 5.97. The van der Waals surface area contributed by atoms with E-state index in [2.05, 4.69) is 0 Å². The van der Waals surface area contributed by atoms with Gasteiger partial charge in [0.1, 0.15) is 0 Å². The molecule has 98 valence electrons. The number of carboxylic acids is 1. The zero-order valence-electron chi connectivity index (χ0n) is 10.2. The molecule has 1 fully saturated rings. The topological polar surface area (TPSA) is 71.4 Å². The van der Waals surface area contributed by atoms with Crippen molar-refractivity contribution in [2.75, 3.05) is 5.75 Å². The molecule has 2 rings (SSSR count). The van der Waals surface area contributed by atoms with E-state index in [1.54, 1.807) is 13.0 Å². The molecule has 0 aromatic heterocycles. The van der Waals surface area contributed by atoms with Gasteiger partial charge < -0.3 is 5.11 Å². The Balaban J connectivity index is 2.32. The van der Waals surface area contributed by atoms with E-state index in [0.29, 0.717) is 5.56 Å². The zero-order valence-corrected chi connectivity index (χ0v) is 11.0. The van der Waals surface area contributed by atoms with Crippen molar-refractivity contribution in [3.05, 3.63) is 29.3 Å². The number of hydrogen-bond donors (Lipinski definition) is 1. The van der Waals surface area contributed by atoms with E-state index in [9.17, 15) is 13.2 Å². The summed E-state index contributed by atoms with van der Waals surface area (Å²) in [5, 5.41) is 9.00. The summed E-state index contributed by atoms with van der Waals surface area (Å²) >= 11 is 0. The van der Waals surface area contributed by atoms with Crippen LogP contribution >= 0.6 is 0 Å². The van der Waals surface area contributed by atoms with E-state index < -0.39 is 15.8 Å². The molecule has 0 spiro atoms. The Morgan fingerprint density at radius 3 is 2.56 bits per heavy atom. The number of carboxylic acid groups (broad SMARTS) is 1. The van der Waals surface area contributed by atoms with E-state index in [-0.39, 0.29) is 22.1 Å². The zero-order chi connectivity index (χ0) is 13.3. The maximum Gasteiger partial charge on any atom is 0.335 e. The first-order chi connectivity index (χ1) is 8.40. The summed E-state index contributed by atoms with van der Waals surface area (Å²) in [5.41, 5.74) is 0.634. The van der Waals surface area contributed by atoms with Gasteiger partial charge in [0.2, 0.25) is 0 Å². The molecule has 0 aliphatic heterocycles. The van der Waals surface area contributed by atoms with Gasteiger partial charge in [-0.1, -0.05) is 12.5 Å². The predicted octanol–water partition coefficient (Wildman–Crippen LogP) is 2.27. The summed E-state index contributed by atoms with van der Waals surface area (Å²) in [5.74, 6) is -0.715. The first-order valence-corrected chi connectivity index (χ1v) is 7.62. The second-order valence-corrected chi connectivity index (χ2v) is 6.89. The van der Waals surface area contributed by atoms with Gasteiger partial charge in [0, 0.05) is 0 Å². The van der Waals surface area contributed by atoms with Crippen LogP contribution in [0.25, 0.3) is 0 Å². The van der Waals surface area contributed by atoms with Gasteiger partial charge in [-0.05, 0) is 43.4 Å². The highest BCUT2D eigenvalue weighted by atomic mass is 32.2. The van der Waals surface area contributed by atoms with Crippen LogP contribution in [0.4, 0.5) is 0 Å². The van der Waals surface area contributed by atoms with Crippen LogP contribution in [0, 0.1) is 12.8 Å². The van der Waals surface area contributed by atoms with E-state index in [0.717, 1.165) is 19.3 Å². The number of carbonyl (C=O) groups is 1. The normalized spacial score (nSPS) is 16.3. The van der Waals surface area contributed by atoms with Crippen LogP contribution in [-0.4, -0.2) is 25.2 Å². The lowest BCUT2D eigenvalue weighted by atomic mass is 9.87. The Bertz CT molecular complexity index is 571. The number of benzene rings is 1. The van der Waals surface area contributed by atoms with Gasteiger partial charge in [0.25, 0.3) is 0 Å². The third kappa shape index (κ3) is 2.56. The van der Waals surface area contributed by atoms with Crippen LogP contribution in [0.2, 0.25) is 0 Å². The lowest BCUT2D eigenvalue weighted by Gasteiger charge is -2.24. The van der Waals surface area contributed by atoms with Crippen molar-refractivity contribution in [3.8, 4) is 0 Å². The predicted molar refractivity (Wildman–Crippen MR) is 67.5 cm³/mol. The highest BCUT2D eigenvalue weighted by Gasteiger charge is 2.26. The highest BCUT2D eigenvalue weighted by Crippen LogP contribution is 2.30. The van der Waals surface area contributed by atoms with Crippen LogP contribution in [0.3, 0.4) is 0 Å². The van der Waals surface area contributed by atoms with Crippen molar-refractivity contribution in [1.29, 1.82) is 0 Å². The van der Waals surface area contributed by atoms with Crippen molar-refractivity contribution in [2.45, 2.75) is 31.1 Å². The third-order valence-electron chi connectivity index (χ3n) is 3.48. The SMILES string of the molecule is Cc1ccc(S(=O)(=O)CC2CCC2)cc1C(=O)O. The van der Waals surface area contributed by atoms with Crippen molar-refractivity contribution in [2.24, 2.45) is 5.92 Å². The Hall–Kier alpha value is -1.36. The molecule has 1 aromatic carbocycles. The molecule has 1 aliphatic carbocycles. The van der Waals surface area contributed by atoms with Crippen LogP contribution in [-0.2, 0) is 9.84 Å². The van der Waals surface area contributed by atoms with Gasteiger partial charge in [0.15, 0.2) is 9.84 Å². The van der Waals surface area contributed by atoms with Crippen molar-refractivity contribution >= 4 is 15.8 Å². The number of aromatic carboxylic acids is 1. The molecule has 1 saturated carbocycles. The lowest BCUT2D eigenvalue weighted by molar-refractivity contribution is 0.0696. The molecule has 0 saturated heterocycles. The van der Waals surface area contributed by atoms with Crippen molar-refractivity contribution in [3.63, 3.8) is 0 Å². The molecule has 5 heteroatoms. The molecule has 4 nitrogen and oxygen atoms in total. The average molecular weight is 268 g/mol. The minimum Gasteiger partial charge on any atom is -0.478 e. The Kier molecular flexibility index (Phi) is 3.43.